The van der Waals surface area contributed by atoms with E-state index in [1.165, 1.54) is 0 Å². The topological polar surface area (TPSA) is 70.6 Å². The molecule has 0 spiro atoms. The molecule has 0 radical (unpaired) electrons. The summed E-state index contributed by atoms with van der Waals surface area (Å²) in [7, 11) is 0. The molecule has 5 heteroatoms. The fourth-order valence-electron chi connectivity index (χ4n) is 1.28. The quantitative estimate of drug-likeness (QED) is 0.637. The zero-order valence-corrected chi connectivity index (χ0v) is 10.6. The van der Waals surface area contributed by atoms with Crippen molar-refractivity contribution >= 4 is 6.03 Å². The molecular weight excluding hydrogens is 232 g/mol. The maximum atomic E-state index is 11.2. The van der Waals surface area contributed by atoms with Crippen molar-refractivity contribution in [2.24, 2.45) is 0 Å². The number of carbonyl (C=O) groups is 1. The molecule has 3 N–H and O–H groups in total. The number of amides is 2. The first-order valence-electron chi connectivity index (χ1n) is 6.06. The van der Waals surface area contributed by atoms with E-state index in [9.17, 15) is 4.79 Å². The molecule has 0 heterocycles. The number of nitrogens with one attached hydrogen (secondary N) is 2. The first kappa shape index (κ1) is 14.3. The Kier molecular flexibility index (Phi) is 6.64. The standard InChI is InChI=1S/C13H20N2O3/c1-11(16)10-15-13(17)14-8-5-9-18-12-6-3-2-4-7-12/h2-4,6-7,11,16H,5,8-10H2,1H3,(H2,14,15,17). The van der Waals surface area contributed by atoms with Crippen molar-refractivity contribution in [3.05, 3.63) is 30.3 Å². The van der Waals surface area contributed by atoms with Crippen LogP contribution < -0.4 is 15.4 Å². The Hall–Kier alpha value is -1.75. The van der Waals surface area contributed by atoms with Gasteiger partial charge in [0.25, 0.3) is 0 Å². The van der Waals surface area contributed by atoms with Gasteiger partial charge in [-0.2, -0.15) is 0 Å². The fourth-order valence-corrected chi connectivity index (χ4v) is 1.28. The minimum atomic E-state index is -0.530. The van der Waals surface area contributed by atoms with Gasteiger partial charge in [0.15, 0.2) is 0 Å². The number of ether oxygens (including phenoxy) is 1. The minimum absolute atomic E-state index is 0.256. The highest BCUT2D eigenvalue weighted by molar-refractivity contribution is 5.73. The van der Waals surface area contributed by atoms with Crippen LogP contribution in [0.1, 0.15) is 13.3 Å². The average Bonchev–Trinajstić information content (AvgIpc) is 2.37. The Labute approximate surface area is 107 Å². The van der Waals surface area contributed by atoms with Crippen molar-refractivity contribution < 1.29 is 14.6 Å². The number of aliphatic hydroxyl groups excluding tert-OH is 1. The third-order valence-electron chi connectivity index (χ3n) is 2.18. The Balaban J connectivity index is 2.00. The zero-order chi connectivity index (χ0) is 13.2. The lowest BCUT2D eigenvalue weighted by molar-refractivity contribution is 0.187. The smallest absolute Gasteiger partial charge is 0.314 e. The van der Waals surface area contributed by atoms with Gasteiger partial charge < -0.3 is 20.5 Å². The average molecular weight is 252 g/mol. The van der Waals surface area contributed by atoms with E-state index >= 15 is 0 Å². The summed E-state index contributed by atoms with van der Waals surface area (Å²) in [6.45, 7) is 2.97. The second-order valence-electron chi connectivity index (χ2n) is 4.00. The van der Waals surface area contributed by atoms with Crippen molar-refractivity contribution in [2.75, 3.05) is 19.7 Å². The molecule has 0 bridgehead atoms. The van der Waals surface area contributed by atoms with Crippen molar-refractivity contribution in [3.63, 3.8) is 0 Å². The predicted molar refractivity (Wildman–Crippen MR) is 69.6 cm³/mol. The Morgan fingerprint density at radius 1 is 1.33 bits per heavy atom. The van der Waals surface area contributed by atoms with Crippen molar-refractivity contribution in [3.8, 4) is 5.75 Å². The molecule has 1 rings (SSSR count). The number of rotatable bonds is 7. The van der Waals surface area contributed by atoms with Crippen LogP contribution >= 0.6 is 0 Å². The lowest BCUT2D eigenvalue weighted by Crippen LogP contribution is -2.39. The number of carbonyl (C=O) groups excluding carboxylic acids is 1. The summed E-state index contributed by atoms with van der Waals surface area (Å²) in [6, 6.07) is 9.27. The maximum absolute atomic E-state index is 11.2. The summed E-state index contributed by atoms with van der Waals surface area (Å²) in [4.78, 5) is 11.2. The first-order valence-corrected chi connectivity index (χ1v) is 6.06. The van der Waals surface area contributed by atoms with E-state index in [0.29, 0.717) is 13.2 Å². The highest BCUT2D eigenvalue weighted by Gasteiger charge is 2.01. The number of para-hydroxylation sites is 1. The fraction of sp³-hybridized carbons (Fsp3) is 0.462. The van der Waals surface area contributed by atoms with Crippen LogP contribution in [0, 0.1) is 0 Å². The Bertz CT molecular complexity index is 341. The second-order valence-corrected chi connectivity index (χ2v) is 4.00. The normalized spacial score (nSPS) is 11.7. The predicted octanol–water partition coefficient (Wildman–Crippen LogP) is 1.14. The number of benzene rings is 1. The van der Waals surface area contributed by atoms with Crippen LogP contribution in [0.3, 0.4) is 0 Å². The third-order valence-corrected chi connectivity index (χ3v) is 2.18. The van der Waals surface area contributed by atoms with Gasteiger partial charge in [0.05, 0.1) is 12.7 Å². The molecule has 0 saturated heterocycles. The highest BCUT2D eigenvalue weighted by Crippen LogP contribution is 2.07. The van der Waals surface area contributed by atoms with Gasteiger partial charge in [0, 0.05) is 13.1 Å². The molecule has 100 valence electrons. The number of urea groups is 1. The van der Waals surface area contributed by atoms with Crippen LogP contribution in [0.5, 0.6) is 5.75 Å². The van der Waals surface area contributed by atoms with E-state index in [4.69, 9.17) is 9.84 Å². The minimum Gasteiger partial charge on any atom is -0.494 e. The Morgan fingerprint density at radius 3 is 2.72 bits per heavy atom. The molecule has 0 aliphatic carbocycles. The number of aliphatic hydroxyl groups is 1. The number of hydrogen-bond donors (Lipinski definition) is 3. The molecule has 0 aliphatic heterocycles. The summed E-state index contributed by atoms with van der Waals surface area (Å²) >= 11 is 0. The van der Waals surface area contributed by atoms with E-state index < -0.39 is 6.10 Å². The molecule has 1 unspecified atom stereocenters. The van der Waals surface area contributed by atoms with Crippen LogP contribution in [-0.2, 0) is 0 Å². The van der Waals surface area contributed by atoms with Gasteiger partial charge in [-0.15, -0.1) is 0 Å². The molecule has 1 atom stereocenters. The molecule has 1 aromatic rings. The summed E-state index contributed by atoms with van der Waals surface area (Å²) in [5.41, 5.74) is 0. The summed E-state index contributed by atoms with van der Waals surface area (Å²) in [5, 5.41) is 14.2. The van der Waals surface area contributed by atoms with Gasteiger partial charge in [-0.25, -0.2) is 4.79 Å². The molecule has 0 fully saturated rings. The lowest BCUT2D eigenvalue weighted by atomic mass is 10.3. The van der Waals surface area contributed by atoms with E-state index in [-0.39, 0.29) is 12.6 Å². The van der Waals surface area contributed by atoms with E-state index in [0.717, 1.165) is 12.2 Å². The van der Waals surface area contributed by atoms with E-state index in [1.54, 1.807) is 6.92 Å². The van der Waals surface area contributed by atoms with Gasteiger partial charge in [0.1, 0.15) is 5.75 Å². The molecule has 0 saturated carbocycles. The number of hydrogen-bond acceptors (Lipinski definition) is 3. The van der Waals surface area contributed by atoms with Crippen LogP contribution in [0.25, 0.3) is 0 Å². The molecule has 5 nitrogen and oxygen atoms in total. The van der Waals surface area contributed by atoms with E-state index in [2.05, 4.69) is 10.6 Å². The SMILES string of the molecule is CC(O)CNC(=O)NCCCOc1ccccc1. The molecule has 1 aromatic carbocycles. The van der Waals surface area contributed by atoms with Crippen LogP contribution in [0.2, 0.25) is 0 Å². The maximum Gasteiger partial charge on any atom is 0.314 e. The zero-order valence-electron chi connectivity index (χ0n) is 10.6. The van der Waals surface area contributed by atoms with Gasteiger partial charge in [-0.05, 0) is 25.5 Å². The van der Waals surface area contributed by atoms with Crippen molar-refractivity contribution in [1.29, 1.82) is 0 Å². The summed E-state index contributed by atoms with van der Waals surface area (Å²) in [6.07, 6.45) is 0.203. The third kappa shape index (κ3) is 6.75. The van der Waals surface area contributed by atoms with Gasteiger partial charge in [-0.1, -0.05) is 18.2 Å². The van der Waals surface area contributed by atoms with Crippen LogP contribution in [-0.4, -0.2) is 36.9 Å². The molecule has 0 aromatic heterocycles. The Morgan fingerprint density at radius 2 is 2.06 bits per heavy atom. The largest absolute Gasteiger partial charge is 0.494 e. The van der Waals surface area contributed by atoms with Gasteiger partial charge in [-0.3, -0.25) is 0 Å². The second kappa shape index (κ2) is 8.36. The lowest BCUT2D eigenvalue weighted by Gasteiger charge is -2.09. The van der Waals surface area contributed by atoms with Gasteiger partial charge in [0.2, 0.25) is 0 Å². The first-order chi connectivity index (χ1) is 8.68. The van der Waals surface area contributed by atoms with Crippen LogP contribution in [0.15, 0.2) is 30.3 Å². The van der Waals surface area contributed by atoms with Gasteiger partial charge >= 0.3 is 6.03 Å². The van der Waals surface area contributed by atoms with E-state index in [1.807, 2.05) is 30.3 Å². The van der Waals surface area contributed by atoms with Crippen molar-refractivity contribution in [2.45, 2.75) is 19.4 Å². The molecule has 0 aliphatic rings. The molecular formula is C13H20N2O3. The summed E-state index contributed by atoms with van der Waals surface area (Å²) < 4.78 is 5.47. The van der Waals surface area contributed by atoms with Crippen LogP contribution in [0.4, 0.5) is 4.79 Å². The molecule has 18 heavy (non-hydrogen) atoms. The van der Waals surface area contributed by atoms with Crippen molar-refractivity contribution in [1.82, 2.24) is 10.6 Å². The molecule has 2 amide bonds. The monoisotopic (exact) mass is 252 g/mol. The highest BCUT2D eigenvalue weighted by atomic mass is 16.5. The summed E-state index contributed by atoms with van der Waals surface area (Å²) in [5.74, 6) is 0.830.